The molecule has 0 amide bonds. The molecule has 0 aliphatic rings. The highest BCUT2D eigenvalue weighted by atomic mass is 16.2. The second-order valence-electron chi connectivity index (χ2n) is 4.16. The van der Waals surface area contributed by atoms with Crippen molar-refractivity contribution >= 4 is 10.8 Å². The molecular weight excluding hydrogens is 256 g/mol. The van der Waals surface area contributed by atoms with E-state index in [-0.39, 0.29) is 5.69 Å². The number of H-pyrrole nitrogens is 1. The molecule has 2 aromatic carbocycles. The van der Waals surface area contributed by atoms with Crippen LogP contribution in [-0.4, -0.2) is 14.8 Å². The van der Waals surface area contributed by atoms with Gasteiger partial charge in [-0.05, 0) is 22.9 Å². The zero-order chi connectivity index (χ0) is 14.1. The third kappa shape index (κ3) is 1.87. The smallest absolute Gasteiger partial charge is 0.270 e. The minimum atomic E-state index is -0.783. The maximum Gasteiger partial charge on any atom is 0.349 e. The standard InChI is InChI=1S/C14H8N4O2/c15-8-12-13(19)16-14(20)18(17-12)11-6-5-9-3-1-2-4-10(9)7-11/h1-7H,(H,16,19,20). The number of rotatable bonds is 1. The molecule has 6 nitrogen and oxygen atoms in total. The first-order valence-electron chi connectivity index (χ1n) is 5.82. The number of hydrogen-bond donors (Lipinski definition) is 1. The molecule has 0 bridgehead atoms. The van der Waals surface area contributed by atoms with Crippen LogP contribution >= 0.6 is 0 Å². The Hall–Kier alpha value is -3.20. The predicted molar refractivity (Wildman–Crippen MR) is 72.7 cm³/mol. The first-order chi connectivity index (χ1) is 9.69. The van der Waals surface area contributed by atoms with Gasteiger partial charge in [-0.3, -0.25) is 9.78 Å². The molecule has 0 aliphatic carbocycles. The Morgan fingerprint density at radius 3 is 2.60 bits per heavy atom. The lowest BCUT2D eigenvalue weighted by molar-refractivity contribution is 0.741. The van der Waals surface area contributed by atoms with Crippen molar-refractivity contribution in [1.82, 2.24) is 14.8 Å². The summed E-state index contributed by atoms with van der Waals surface area (Å²) in [5, 5.41) is 14.5. The van der Waals surface area contributed by atoms with Gasteiger partial charge in [-0.1, -0.05) is 30.3 Å². The molecule has 0 saturated carbocycles. The molecular formula is C14H8N4O2. The van der Waals surface area contributed by atoms with Gasteiger partial charge in [-0.2, -0.15) is 9.94 Å². The average molecular weight is 264 g/mol. The summed E-state index contributed by atoms with van der Waals surface area (Å²) in [4.78, 5) is 25.2. The van der Waals surface area contributed by atoms with E-state index in [0.717, 1.165) is 15.5 Å². The van der Waals surface area contributed by atoms with Crippen molar-refractivity contribution in [1.29, 1.82) is 5.26 Å². The van der Waals surface area contributed by atoms with E-state index in [9.17, 15) is 9.59 Å². The number of hydrogen-bond acceptors (Lipinski definition) is 4. The molecule has 1 N–H and O–H groups in total. The van der Waals surface area contributed by atoms with E-state index in [2.05, 4.69) is 10.1 Å². The number of nitriles is 1. The molecule has 0 atom stereocenters. The van der Waals surface area contributed by atoms with Crippen LogP contribution < -0.4 is 11.2 Å². The summed E-state index contributed by atoms with van der Waals surface area (Å²) < 4.78 is 1.01. The van der Waals surface area contributed by atoms with E-state index < -0.39 is 11.2 Å². The van der Waals surface area contributed by atoms with Gasteiger partial charge in [-0.25, -0.2) is 4.79 Å². The summed E-state index contributed by atoms with van der Waals surface area (Å²) in [5.74, 6) is 0. The number of aromatic amines is 1. The summed E-state index contributed by atoms with van der Waals surface area (Å²) >= 11 is 0. The quantitative estimate of drug-likeness (QED) is 0.708. The molecule has 0 fully saturated rings. The minimum Gasteiger partial charge on any atom is -0.270 e. The molecule has 0 spiro atoms. The Balaban J connectivity index is 2.28. The van der Waals surface area contributed by atoms with E-state index in [4.69, 9.17) is 5.26 Å². The lowest BCUT2D eigenvalue weighted by atomic mass is 10.1. The van der Waals surface area contributed by atoms with E-state index >= 15 is 0 Å². The predicted octanol–water partition coefficient (Wildman–Crippen LogP) is 0.946. The van der Waals surface area contributed by atoms with Crippen LogP contribution in [0.4, 0.5) is 0 Å². The minimum absolute atomic E-state index is 0.349. The van der Waals surface area contributed by atoms with Gasteiger partial charge in [-0.15, -0.1) is 5.10 Å². The molecule has 1 aromatic heterocycles. The number of nitrogens with one attached hydrogen (secondary N) is 1. The first kappa shape index (κ1) is 11.9. The normalized spacial score (nSPS) is 10.3. The molecule has 0 aliphatic heterocycles. The van der Waals surface area contributed by atoms with Crippen LogP contribution in [0.25, 0.3) is 16.5 Å². The van der Waals surface area contributed by atoms with Crippen molar-refractivity contribution in [3.63, 3.8) is 0 Å². The Morgan fingerprint density at radius 1 is 1.10 bits per heavy atom. The topological polar surface area (TPSA) is 91.5 Å². The fourth-order valence-corrected chi connectivity index (χ4v) is 1.96. The molecule has 0 radical (unpaired) electrons. The monoisotopic (exact) mass is 264 g/mol. The van der Waals surface area contributed by atoms with Crippen molar-refractivity contribution in [2.45, 2.75) is 0 Å². The van der Waals surface area contributed by atoms with E-state index in [1.165, 1.54) is 0 Å². The highest BCUT2D eigenvalue weighted by molar-refractivity contribution is 5.84. The molecule has 96 valence electrons. The molecule has 6 heteroatoms. The molecule has 0 unspecified atom stereocenters. The Bertz CT molecular complexity index is 963. The van der Waals surface area contributed by atoms with Crippen LogP contribution in [0.5, 0.6) is 0 Å². The lowest BCUT2D eigenvalue weighted by Crippen LogP contribution is -2.33. The Labute approximate surface area is 112 Å². The van der Waals surface area contributed by atoms with Gasteiger partial charge in [0.05, 0.1) is 5.69 Å². The third-order valence-electron chi connectivity index (χ3n) is 2.91. The maximum atomic E-state index is 11.8. The van der Waals surface area contributed by atoms with Gasteiger partial charge < -0.3 is 0 Å². The average Bonchev–Trinajstić information content (AvgIpc) is 2.47. The van der Waals surface area contributed by atoms with Crippen LogP contribution in [0.2, 0.25) is 0 Å². The molecule has 3 aromatic rings. The fourth-order valence-electron chi connectivity index (χ4n) is 1.96. The summed E-state index contributed by atoms with van der Waals surface area (Å²) in [7, 11) is 0. The zero-order valence-electron chi connectivity index (χ0n) is 10.2. The SMILES string of the molecule is N#Cc1nn(-c2ccc3ccccc3c2)c(=O)[nH]c1=O. The van der Waals surface area contributed by atoms with E-state index in [1.807, 2.05) is 30.3 Å². The van der Waals surface area contributed by atoms with Crippen LogP contribution in [0.1, 0.15) is 5.69 Å². The fraction of sp³-hybridized carbons (Fsp3) is 0. The van der Waals surface area contributed by atoms with Crippen LogP contribution in [-0.2, 0) is 0 Å². The highest BCUT2D eigenvalue weighted by Crippen LogP contribution is 2.16. The molecule has 3 rings (SSSR count). The zero-order valence-corrected chi connectivity index (χ0v) is 10.2. The maximum absolute atomic E-state index is 11.8. The van der Waals surface area contributed by atoms with Crippen molar-refractivity contribution in [3.8, 4) is 11.8 Å². The van der Waals surface area contributed by atoms with Crippen LogP contribution in [0.15, 0.2) is 52.1 Å². The second kappa shape index (κ2) is 4.48. The number of aromatic nitrogens is 3. The van der Waals surface area contributed by atoms with Gasteiger partial charge >= 0.3 is 5.69 Å². The van der Waals surface area contributed by atoms with Crippen molar-refractivity contribution in [3.05, 3.63) is 69.0 Å². The number of fused-ring (bicyclic) bond motifs is 1. The Kier molecular flexibility index (Phi) is 2.66. The van der Waals surface area contributed by atoms with Crippen LogP contribution in [0.3, 0.4) is 0 Å². The van der Waals surface area contributed by atoms with E-state index in [0.29, 0.717) is 5.69 Å². The first-order valence-corrected chi connectivity index (χ1v) is 5.82. The van der Waals surface area contributed by atoms with Crippen LogP contribution in [0, 0.1) is 11.3 Å². The van der Waals surface area contributed by atoms with Crippen molar-refractivity contribution in [2.75, 3.05) is 0 Å². The van der Waals surface area contributed by atoms with Gasteiger partial charge in [0.25, 0.3) is 5.56 Å². The molecule has 1 heterocycles. The largest absolute Gasteiger partial charge is 0.349 e. The Morgan fingerprint density at radius 2 is 1.85 bits per heavy atom. The van der Waals surface area contributed by atoms with Gasteiger partial charge in [0.1, 0.15) is 6.07 Å². The number of benzene rings is 2. The highest BCUT2D eigenvalue weighted by Gasteiger charge is 2.08. The lowest BCUT2D eigenvalue weighted by Gasteiger charge is -2.05. The van der Waals surface area contributed by atoms with Gasteiger partial charge in [0.2, 0.25) is 5.69 Å². The van der Waals surface area contributed by atoms with Gasteiger partial charge in [0, 0.05) is 0 Å². The van der Waals surface area contributed by atoms with Gasteiger partial charge in [0.15, 0.2) is 0 Å². The summed E-state index contributed by atoms with van der Waals surface area (Å²) in [6.45, 7) is 0. The molecule has 0 saturated heterocycles. The summed E-state index contributed by atoms with van der Waals surface area (Å²) in [6, 6.07) is 14.6. The van der Waals surface area contributed by atoms with Crippen molar-refractivity contribution < 1.29 is 0 Å². The third-order valence-corrected chi connectivity index (χ3v) is 2.91. The summed E-state index contributed by atoms with van der Waals surface area (Å²) in [6.07, 6.45) is 0. The molecule has 20 heavy (non-hydrogen) atoms. The summed E-state index contributed by atoms with van der Waals surface area (Å²) in [5.41, 5.74) is -1.32. The van der Waals surface area contributed by atoms with E-state index in [1.54, 1.807) is 18.2 Å². The number of nitrogens with zero attached hydrogens (tertiary/aromatic N) is 3. The second-order valence-corrected chi connectivity index (χ2v) is 4.16. The van der Waals surface area contributed by atoms with Crippen molar-refractivity contribution in [2.24, 2.45) is 0 Å².